The van der Waals surface area contributed by atoms with Crippen molar-refractivity contribution < 1.29 is 4.79 Å². The first-order valence-corrected chi connectivity index (χ1v) is 7.97. The second-order valence-electron chi connectivity index (χ2n) is 6.13. The third kappa shape index (κ3) is 2.90. The molecule has 2 fully saturated rings. The summed E-state index contributed by atoms with van der Waals surface area (Å²) in [4.78, 5) is 16.7. The van der Waals surface area contributed by atoms with Crippen molar-refractivity contribution in [3.05, 3.63) is 0 Å². The fraction of sp³-hybridized carbons (Fsp3) is 0.857. The molecule has 2 saturated heterocycles. The molecule has 2 aliphatic rings. The van der Waals surface area contributed by atoms with Gasteiger partial charge in [0.1, 0.15) is 5.54 Å². The average molecular weight is 281 g/mol. The molecule has 0 bridgehead atoms. The molecule has 0 spiro atoms. The maximum atomic E-state index is 12.6. The van der Waals surface area contributed by atoms with Gasteiger partial charge in [0.15, 0.2) is 0 Å². The van der Waals surface area contributed by atoms with Gasteiger partial charge in [0.2, 0.25) is 5.91 Å². The number of carbonyl (C=O) groups excluding carboxylic acids is 1. The lowest BCUT2D eigenvalue weighted by Crippen LogP contribution is -2.57. The number of nitrogens with zero attached hydrogens (tertiary/aromatic N) is 3. The Morgan fingerprint density at radius 2 is 1.95 bits per heavy atom. The first-order chi connectivity index (χ1) is 8.89. The fourth-order valence-corrected chi connectivity index (χ4v) is 4.10. The number of piperazine rings is 1. The predicted octanol–water partition coefficient (Wildman–Crippen LogP) is 1.72. The van der Waals surface area contributed by atoms with Gasteiger partial charge in [0, 0.05) is 26.2 Å². The number of carbonyl (C=O) groups is 1. The first-order valence-electron chi connectivity index (χ1n) is 6.99. The highest BCUT2D eigenvalue weighted by molar-refractivity contribution is 8.01. The van der Waals surface area contributed by atoms with E-state index in [4.69, 9.17) is 5.26 Å². The van der Waals surface area contributed by atoms with Crippen LogP contribution in [0.4, 0.5) is 0 Å². The van der Waals surface area contributed by atoms with Crippen LogP contribution in [0.5, 0.6) is 0 Å². The standard InChI is InChI=1S/C14H23N3OS/c1-13(2,11-15)17-8-6-16(7-9-17)12(18)14(3)5-4-10-19-14/h4-10H2,1-3H3. The third-order valence-electron chi connectivity index (χ3n) is 4.30. The van der Waals surface area contributed by atoms with E-state index >= 15 is 0 Å². The smallest absolute Gasteiger partial charge is 0.238 e. The molecule has 4 nitrogen and oxygen atoms in total. The van der Waals surface area contributed by atoms with E-state index in [1.54, 1.807) is 11.8 Å². The van der Waals surface area contributed by atoms with Gasteiger partial charge in [-0.15, -0.1) is 11.8 Å². The van der Waals surface area contributed by atoms with Crippen LogP contribution in [0.2, 0.25) is 0 Å². The first kappa shape index (κ1) is 14.7. The molecule has 0 aromatic heterocycles. The van der Waals surface area contributed by atoms with Crippen molar-refractivity contribution in [1.29, 1.82) is 5.26 Å². The van der Waals surface area contributed by atoms with Crippen LogP contribution in [0.15, 0.2) is 0 Å². The average Bonchev–Trinajstić information content (AvgIpc) is 2.86. The van der Waals surface area contributed by atoms with Crippen molar-refractivity contribution in [2.75, 3.05) is 31.9 Å². The molecule has 1 atom stereocenters. The van der Waals surface area contributed by atoms with E-state index in [1.165, 1.54) is 0 Å². The molecule has 5 heteroatoms. The Hall–Kier alpha value is -0.730. The molecule has 0 aromatic rings. The zero-order chi connectivity index (χ0) is 14.1. The Bertz CT molecular complexity index is 388. The number of thioether (sulfide) groups is 1. The van der Waals surface area contributed by atoms with Crippen LogP contribution in [-0.2, 0) is 4.79 Å². The summed E-state index contributed by atoms with van der Waals surface area (Å²) >= 11 is 1.80. The Morgan fingerprint density at radius 3 is 2.42 bits per heavy atom. The normalized spacial score (nSPS) is 29.3. The molecular formula is C14H23N3OS. The molecule has 0 N–H and O–H groups in total. The molecule has 0 aromatic carbocycles. The summed E-state index contributed by atoms with van der Waals surface area (Å²) in [6.45, 7) is 9.07. The van der Waals surface area contributed by atoms with E-state index < -0.39 is 5.54 Å². The third-order valence-corrected chi connectivity index (χ3v) is 5.81. The zero-order valence-electron chi connectivity index (χ0n) is 12.1. The lowest BCUT2D eigenvalue weighted by Gasteiger charge is -2.42. The molecule has 2 rings (SSSR count). The summed E-state index contributed by atoms with van der Waals surface area (Å²) < 4.78 is -0.201. The van der Waals surface area contributed by atoms with E-state index in [0.29, 0.717) is 5.91 Å². The Labute approximate surface area is 120 Å². The maximum absolute atomic E-state index is 12.6. The second kappa shape index (κ2) is 5.34. The van der Waals surface area contributed by atoms with E-state index in [2.05, 4.69) is 17.9 Å². The summed E-state index contributed by atoms with van der Waals surface area (Å²) in [5.74, 6) is 1.40. The monoisotopic (exact) mass is 281 g/mol. The quantitative estimate of drug-likeness (QED) is 0.773. The Balaban J connectivity index is 1.94. The number of amides is 1. The number of rotatable bonds is 2. The van der Waals surface area contributed by atoms with Crippen LogP contribution >= 0.6 is 11.8 Å². The molecule has 0 radical (unpaired) electrons. The highest BCUT2D eigenvalue weighted by Crippen LogP contribution is 2.39. The molecule has 106 valence electrons. The maximum Gasteiger partial charge on any atom is 0.238 e. The van der Waals surface area contributed by atoms with Gasteiger partial charge in [-0.3, -0.25) is 9.69 Å². The zero-order valence-corrected chi connectivity index (χ0v) is 12.9. The Morgan fingerprint density at radius 1 is 1.32 bits per heavy atom. The van der Waals surface area contributed by atoms with Gasteiger partial charge in [0.05, 0.1) is 10.8 Å². The minimum Gasteiger partial charge on any atom is -0.339 e. The van der Waals surface area contributed by atoms with Gasteiger partial charge in [-0.25, -0.2) is 0 Å². The summed E-state index contributed by atoms with van der Waals surface area (Å²) in [5.41, 5.74) is -0.429. The van der Waals surface area contributed by atoms with Crippen LogP contribution in [0.25, 0.3) is 0 Å². The molecule has 2 heterocycles. The highest BCUT2D eigenvalue weighted by atomic mass is 32.2. The van der Waals surface area contributed by atoms with Crippen molar-refractivity contribution in [1.82, 2.24) is 9.80 Å². The molecule has 2 aliphatic heterocycles. The minimum atomic E-state index is -0.429. The lowest BCUT2D eigenvalue weighted by molar-refractivity contribution is -0.135. The predicted molar refractivity (Wildman–Crippen MR) is 77.9 cm³/mol. The number of hydrogen-bond acceptors (Lipinski definition) is 4. The van der Waals surface area contributed by atoms with Gasteiger partial charge < -0.3 is 4.90 Å². The number of nitriles is 1. The topological polar surface area (TPSA) is 47.3 Å². The highest BCUT2D eigenvalue weighted by Gasteiger charge is 2.41. The van der Waals surface area contributed by atoms with Gasteiger partial charge in [0.25, 0.3) is 0 Å². The fourth-order valence-electron chi connectivity index (χ4n) is 2.82. The minimum absolute atomic E-state index is 0.201. The van der Waals surface area contributed by atoms with Crippen molar-refractivity contribution >= 4 is 17.7 Å². The van der Waals surface area contributed by atoms with Crippen LogP contribution in [0.3, 0.4) is 0 Å². The van der Waals surface area contributed by atoms with Crippen molar-refractivity contribution in [2.24, 2.45) is 0 Å². The van der Waals surface area contributed by atoms with Gasteiger partial charge in [-0.2, -0.15) is 5.26 Å². The summed E-state index contributed by atoms with van der Waals surface area (Å²) in [5, 5.41) is 9.16. The van der Waals surface area contributed by atoms with Crippen molar-refractivity contribution in [3.63, 3.8) is 0 Å². The van der Waals surface area contributed by atoms with Gasteiger partial charge in [-0.05, 0) is 39.4 Å². The second-order valence-corrected chi connectivity index (χ2v) is 7.73. The van der Waals surface area contributed by atoms with E-state index in [-0.39, 0.29) is 4.75 Å². The SMILES string of the molecule is CC1(C(=O)N2CCN(C(C)(C)C#N)CC2)CCCS1. The van der Waals surface area contributed by atoms with Crippen molar-refractivity contribution in [3.8, 4) is 6.07 Å². The lowest BCUT2D eigenvalue weighted by atomic mass is 10.0. The molecule has 19 heavy (non-hydrogen) atoms. The van der Waals surface area contributed by atoms with Crippen LogP contribution in [-0.4, -0.2) is 57.9 Å². The summed E-state index contributed by atoms with van der Waals surface area (Å²) in [6, 6.07) is 2.34. The molecule has 1 unspecified atom stereocenters. The van der Waals surface area contributed by atoms with E-state index in [0.717, 1.165) is 44.8 Å². The van der Waals surface area contributed by atoms with Crippen molar-refractivity contribution in [2.45, 2.75) is 43.9 Å². The van der Waals surface area contributed by atoms with E-state index in [9.17, 15) is 4.79 Å². The van der Waals surface area contributed by atoms with Crippen LogP contribution in [0.1, 0.15) is 33.6 Å². The van der Waals surface area contributed by atoms with Gasteiger partial charge >= 0.3 is 0 Å². The van der Waals surface area contributed by atoms with E-state index in [1.807, 2.05) is 18.7 Å². The molecule has 1 amide bonds. The van der Waals surface area contributed by atoms with Crippen LogP contribution in [0, 0.1) is 11.3 Å². The largest absolute Gasteiger partial charge is 0.339 e. The molecule has 0 saturated carbocycles. The Kier molecular flexibility index (Phi) is 4.12. The van der Waals surface area contributed by atoms with Gasteiger partial charge in [-0.1, -0.05) is 0 Å². The summed E-state index contributed by atoms with van der Waals surface area (Å²) in [6.07, 6.45) is 2.15. The van der Waals surface area contributed by atoms with Crippen LogP contribution < -0.4 is 0 Å². The molecule has 0 aliphatic carbocycles. The molecular weight excluding hydrogens is 258 g/mol. The summed E-state index contributed by atoms with van der Waals surface area (Å²) in [7, 11) is 0. The number of hydrogen-bond donors (Lipinski definition) is 0.